The largest absolute Gasteiger partial charge is 0.326 e. The topological polar surface area (TPSA) is 89.5 Å². The van der Waals surface area contributed by atoms with Crippen LogP contribution in [0.25, 0.3) is 0 Å². The fourth-order valence-electron chi connectivity index (χ4n) is 2.12. The van der Waals surface area contributed by atoms with Crippen LogP contribution in [-0.4, -0.2) is 23.4 Å². The summed E-state index contributed by atoms with van der Waals surface area (Å²) in [6.07, 6.45) is 0.240. The van der Waals surface area contributed by atoms with Gasteiger partial charge < -0.3 is 10.6 Å². The Morgan fingerprint density at radius 3 is 2.50 bits per heavy atom. The van der Waals surface area contributed by atoms with Crippen LogP contribution in [0.4, 0.5) is 11.4 Å². The van der Waals surface area contributed by atoms with Gasteiger partial charge in [-0.2, -0.15) is 0 Å². The van der Waals surface area contributed by atoms with E-state index in [1.165, 1.54) is 11.0 Å². The summed E-state index contributed by atoms with van der Waals surface area (Å²) in [6, 6.07) is 2.93. The van der Waals surface area contributed by atoms with E-state index < -0.39 is 4.92 Å². The van der Waals surface area contributed by atoms with Crippen LogP contribution in [0, 0.1) is 24.0 Å². The number of benzene rings is 1. The molecule has 1 saturated heterocycles. The summed E-state index contributed by atoms with van der Waals surface area (Å²) in [5.41, 5.74) is 7.78. The summed E-state index contributed by atoms with van der Waals surface area (Å²) in [5, 5.41) is 11.1. The molecule has 1 aliphatic rings. The van der Waals surface area contributed by atoms with Gasteiger partial charge in [-0.25, -0.2) is 0 Å². The summed E-state index contributed by atoms with van der Waals surface area (Å²) in [7, 11) is 0. The molecule has 0 aromatic heterocycles. The maximum atomic E-state index is 11.8. The number of nitro benzene ring substituents is 1. The molecule has 1 heterocycles. The van der Waals surface area contributed by atoms with E-state index in [9.17, 15) is 14.9 Å². The van der Waals surface area contributed by atoms with Crippen molar-refractivity contribution in [3.8, 4) is 0 Å². The van der Waals surface area contributed by atoms with Crippen LogP contribution < -0.4 is 10.6 Å². The van der Waals surface area contributed by atoms with E-state index in [1.807, 2.05) is 13.8 Å². The van der Waals surface area contributed by atoms with E-state index in [2.05, 4.69) is 0 Å². The molecule has 18 heavy (non-hydrogen) atoms. The fourth-order valence-corrected chi connectivity index (χ4v) is 2.12. The Hall–Kier alpha value is -1.95. The molecule has 0 spiro atoms. The molecule has 1 atom stereocenters. The summed E-state index contributed by atoms with van der Waals surface area (Å²) < 4.78 is 0. The zero-order valence-electron chi connectivity index (χ0n) is 10.3. The smallest absolute Gasteiger partial charge is 0.293 e. The van der Waals surface area contributed by atoms with Gasteiger partial charge in [0.15, 0.2) is 0 Å². The second-order valence-electron chi connectivity index (χ2n) is 4.65. The minimum Gasteiger partial charge on any atom is -0.326 e. The summed E-state index contributed by atoms with van der Waals surface area (Å²) in [5.74, 6) is -0.158. The highest BCUT2D eigenvalue weighted by atomic mass is 16.6. The maximum Gasteiger partial charge on any atom is 0.293 e. The van der Waals surface area contributed by atoms with E-state index >= 15 is 0 Å². The van der Waals surface area contributed by atoms with Crippen molar-refractivity contribution in [2.45, 2.75) is 26.3 Å². The predicted molar refractivity (Wildman–Crippen MR) is 67.5 cm³/mol. The van der Waals surface area contributed by atoms with Crippen LogP contribution in [0.5, 0.6) is 0 Å². The minimum atomic E-state index is -0.459. The lowest BCUT2D eigenvalue weighted by Crippen LogP contribution is -2.28. The van der Waals surface area contributed by atoms with E-state index in [0.717, 1.165) is 11.1 Å². The lowest BCUT2D eigenvalue weighted by molar-refractivity contribution is -0.384. The van der Waals surface area contributed by atoms with Crippen molar-refractivity contribution in [2.75, 3.05) is 11.4 Å². The van der Waals surface area contributed by atoms with Crippen LogP contribution in [0.2, 0.25) is 0 Å². The van der Waals surface area contributed by atoms with Crippen LogP contribution >= 0.6 is 0 Å². The average Bonchev–Trinajstić information content (AvgIpc) is 2.61. The van der Waals surface area contributed by atoms with Gasteiger partial charge in [0.2, 0.25) is 5.91 Å². The lowest BCUT2D eigenvalue weighted by atomic mass is 10.1. The first-order valence-electron chi connectivity index (χ1n) is 5.71. The van der Waals surface area contributed by atoms with Gasteiger partial charge in [0, 0.05) is 25.1 Å². The number of nitrogens with zero attached hydrogens (tertiary/aromatic N) is 2. The highest BCUT2D eigenvalue weighted by Crippen LogP contribution is 2.33. The SMILES string of the molecule is Cc1cc(N2CC(N)CC2=O)c([N+](=O)[O-])cc1C. The van der Waals surface area contributed by atoms with E-state index in [0.29, 0.717) is 12.2 Å². The van der Waals surface area contributed by atoms with Crippen molar-refractivity contribution in [1.82, 2.24) is 0 Å². The molecule has 1 fully saturated rings. The molecule has 1 aromatic carbocycles. The van der Waals surface area contributed by atoms with E-state index in [1.54, 1.807) is 6.07 Å². The molecule has 6 heteroatoms. The number of nitrogens with two attached hydrogens (primary N) is 1. The van der Waals surface area contributed by atoms with Crippen LogP contribution in [0.3, 0.4) is 0 Å². The van der Waals surface area contributed by atoms with Crippen molar-refractivity contribution in [3.05, 3.63) is 33.4 Å². The van der Waals surface area contributed by atoms with E-state index in [4.69, 9.17) is 5.73 Å². The Bertz CT molecular complexity index is 528. The number of amides is 1. The number of hydrogen-bond acceptors (Lipinski definition) is 4. The first-order chi connectivity index (χ1) is 8.40. The summed E-state index contributed by atoms with van der Waals surface area (Å²) >= 11 is 0. The Labute approximate surface area is 105 Å². The lowest BCUT2D eigenvalue weighted by Gasteiger charge is -2.17. The van der Waals surface area contributed by atoms with Crippen molar-refractivity contribution in [2.24, 2.45) is 5.73 Å². The number of aryl methyl sites for hydroxylation is 2. The van der Waals surface area contributed by atoms with Crippen molar-refractivity contribution >= 4 is 17.3 Å². The van der Waals surface area contributed by atoms with Crippen LogP contribution in [-0.2, 0) is 4.79 Å². The van der Waals surface area contributed by atoms with Gasteiger partial charge in [0.05, 0.1) is 4.92 Å². The van der Waals surface area contributed by atoms with Gasteiger partial charge in [0.25, 0.3) is 5.69 Å². The van der Waals surface area contributed by atoms with Crippen molar-refractivity contribution in [3.63, 3.8) is 0 Å². The molecular weight excluding hydrogens is 234 g/mol. The Balaban J connectivity index is 2.52. The summed E-state index contributed by atoms with van der Waals surface area (Å²) in [6.45, 7) is 4.01. The molecule has 0 aliphatic carbocycles. The van der Waals surface area contributed by atoms with Gasteiger partial charge in [-0.3, -0.25) is 14.9 Å². The predicted octanol–water partition coefficient (Wildman–Crippen LogP) is 1.28. The average molecular weight is 249 g/mol. The Kier molecular flexibility index (Phi) is 3.04. The second-order valence-corrected chi connectivity index (χ2v) is 4.65. The van der Waals surface area contributed by atoms with Crippen LogP contribution in [0.1, 0.15) is 17.5 Å². The molecule has 0 saturated carbocycles. The monoisotopic (exact) mass is 249 g/mol. The third-order valence-electron chi connectivity index (χ3n) is 3.23. The zero-order chi connectivity index (χ0) is 13.4. The number of hydrogen-bond donors (Lipinski definition) is 1. The molecule has 2 N–H and O–H groups in total. The Morgan fingerprint density at radius 1 is 1.39 bits per heavy atom. The molecule has 0 radical (unpaired) electrons. The third kappa shape index (κ3) is 2.06. The van der Waals surface area contributed by atoms with Crippen molar-refractivity contribution in [1.29, 1.82) is 0 Å². The van der Waals surface area contributed by atoms with E-state index in [-0.39, 0.29) is 24.1 Å². The number of anilines is 1. The molecule has 1 aliphatic heterocycles. The molecular formula is C12H15N3O3. The van der Waals surface area contributed by atoms with Crippen molar-refractivity contribution < 1.29 is 9.72 Å². The molecule has 6 nitrogen and oxygen atoms in total. The van der Waals surface area contributed by atoms with Gasteiger partial charge in [-0.1, -0.05) is 0 Å². The van der Waals surface area contributed by atoms with Gasteiger partial charge >= 0.3 is 0 Å². The number of carbonyl (C=O) groups is 1. The first-order valence-corrected chi connectivity index (χ1v) is 5.71. The minimum absolute atomic E-state index is 0.0412. The van der Waals surface area contributed by atoms with Gasteiger partial charge in [-0.15, -0.1) is 0 Å². The van der Waals surface area contributed by atoms with Gasteiger partial charge in [-0.05, 0) is 31.0 Å². The third-order valence-corrected chi connectivity index (χ3v) is 3.23. The number of rotatable bonds is 2. The molecule has 2 rings (SSSR count). The van der Waals surface area contributed by atoms with Gasteiger partial charge in [0.1, 0.15) is 5.69 Å². The first kappa shape index (κ1) is 12.5. The molecule has 96 valence electrons. The normalized spacial score (nSPS) is 19.4. The highest BCUT2D eigenvalue weighted by Gasteiger charge is 2.32. The summed E-state index contributed by atoms with van der Waals surface area (Å²) in [4.78, 5) is 23.8. The zero-order valence-corrected chi connectivity index (χ0v) is 10.3. The number of carbonyl (C=O) groups excluding carboxylic acids is 1. The molecule has 1 aromatic rings. The maximum absolute atomic E-state index is 11.8. The number of nitro groups is 1. The molecule has 0 bridgehead atoms. The fraction of sp³-hybridized carbons (Fsp3) is 0.417. The Morgan fingerprint density at radius 2 is 2.00 bits per heavy atom. The molecule has 1 amide bonds. The quantitative estimate of drug-likeness (QED) is 0.631. The molecule has 1 unspecified atom stereocenters. The van der Waals surface area contributed by atoms with Crippen LogP contribution in [0.15, 0.2) is 12.1 Å². The standard InChI is InChI=1S/C12H15N3O3/c1-7-3-10(11(15(17)18)4-8(7)2)14-6-9(13)5-12(14)16/h3-4,9H,5-6,13H2,1-2H3. The highest BCUT2D eigenvalue weighted by molar-refractivity contribution is 5.98. The second kappa shape index (κ2) is 4.38.